The Labute approximate surface area is 293 Å². The van der Waals surface area contributed by atoms with Crippen LogP contribution in [0.5, 0.6) is 0 Å². The smallest absolute Gasteiger partial charge is 0.310 e. The maximum atomic E-state index is 12.7. The van der Waals surface area contributed by atoms with E-state index in [4.69, 9.17) is 9.47 Å². The minimum absolute atomic E-state index is 0.193. The molecule has 47 heavy (non-hydrogen) atoms. The van der Waals surface area contributed by atoms with Crippen LogP contribution in [0.4, 0.5) is 0 Å². The number of hydrogen-bond acceptors (Lipinski definition) is 4. The summed E-state index contributed by atoms with van der Waals surface area (Å²) in [6.07, 6.45) is 41.3. The van der Waals surface area contributed by atoms with Crippen molar-refractivity contribution < 1.29 is 23.5 Å². The Balaban J connectivity index is 3.95. The lowest BCUT2D eigenvalue weighted by Gasteiger charge is -2.36. The predicted octanol–water partition coefficient (Wildman–Crippen LogP) is 12.6. The van der Waals surface area contributed by atoms with Crippen molar-refractivity contribution in [1.82, 2.24) is 0 Å². The number of rotatable bonds is 34. The second-order valence-electron chi connectivity index (χ2n) is 14.9. The Morgan fingerprint density at radius 1 is 0.468 bits per heavy atom. The monoisotopic (exact) mass is 663 g/mol. The fourth-order valence-electron chi connectivity index (χ4n) is 6.08. The summed E-state index contributed by atoms with van der Waals surface area (Å²) in [6, 6.07) is 0. The largest absolute Gasteiger partial charge is 0.452 e. The van der Waals surface area contributed by atoms with Gasteiger partial charge in [0.2, 0.25) is 0 Å². The van der Waals surface area contributed by atoms with E-state index in [1.807, 2.05) is 28.1 Å². The molecule has 0 fully saturated rings. The summed E-state index contributed by atoms with van der Waals surface area (Å²) in [7, 11) is 5.94. The topological polar surface area (TPSA) is 52.6 Å². The zero-order valence-corrected chi connectivity index (χ0v) is 32.3. The van der Waals surface area contributed by atoms with Crippen LogP contribution in [-0.4, -0.2) is 49.9 Å². The van der Waals surface area contributed by atoms with Crippen molar-refractivity contribution >= 4 is 11.9 Å². The van der Waals surface area contributed by atoms with Crippen LogP contribution in [0.3, 0.4) is 0 Å². The van der Waals surface area contributed by atoms with Crippen molar-refractivity contribution in [3.63, 3.8) is 0 Å². The van der Waals surface area contributed by atoms with E-state index in [0.29, 0.717) is 17.3 Å². The number of esters is 2. The number of nitrogens with zero attached hydrogens (tertiary/aromatic N) is 1. The van der Waals surface area contributed by atoms with Gasteiger partial charge in [0.25, 0.3) is 6.23 Å². The lowest BCUT2D eigenvalue weighted by molar-refractivity contribution is -0.920. The molecule has 5 nitrogen and oxygen atoms in total. The van der Waals surface area contributed by atoms with Crippen molar-refractivity contribution in [3.8, 4) is 0 Å². The second kappa shape index (κ2) is 32.9. The van der Waals surface area contributed by atoms with Crippen molar-refractivity contribution in [2.24, 2.45) is 0 Å². The van der Waals surface area contributed by atoms with Gasteiger partial charge in [0.1, 0.15) is 0 Å². The summed E-state index contributed by atoms with van der Waals surface area (Å²) in [4.78, 5) is 25.2. The zero-order chi connectivity index (χ0) is 34.9. The number of carbonyl (C=O) groups excluding carboxylic acids is 2. The van der Waals surface area contributed by atoms with E-state index in [1.54, 1.807) is 0 Å². The van der Waals surface area contributed by atoms with Crippen LogP contribution >= 0.6 is 0 Å². The molecule has 0 saturated heterocycles. The molecule has 0 N–H and O–H groups in total. The molecule has 5 heteroatoms. The van der Waals surface area contributed by atoms with Gasteiger partial charge in [-0.25, -0.2) is 0 Å². The summed E-state index contributed by atoms with van der Waals surface area (Å²) in [5.74, 6) is -0.386. The quantitative estimate of drug-likeness (QED) is 0.0226. The second-order valence-corrected chi connectivity index (χ2v) is 14.9. The van der Waals surface area contributed by atoms with E-state index < -0.39 is 12.3 Å². The van der Waals surface area contributed by atoms with Crippen molar-refractivity contribution in [1.29, 1.82) is 0 Å². The molecule has 0 aromatic heterocycles. The average Bonchev–Trinajstić information content (AvgIpc) is 3.03. The van der Waals surface area contributed by atoms with Crippen molar-refractivity contribution in [2.45, 2.75) is 213 Å². The fraction of sp³-hybridized carbons (Fsp3) is 0.857. The Hall–Kier alpha value is -1.62. The molecule has 0 aromatic carbocycles. The number of ether oxygens (including phenoxy) is 2. The Bertz CT molecular complexity index is 769. The third kappa shape index (κ3) is 31.4. The third-order valence-corrected chi connectivity index (χ3v) is 9.02. The normalized spacial score (nSPS) is 13.4. The molecule has 0 bridgehead atoms. The van der Waals surface area contributed by atoms with Gasteiger partial charge in [0.05, 0.1) is 21.1 Å². The minimum atomic E-state index is -0.510. The van der Waals surface area contributed by atoms with Gasteiger partial charge in [-0.15, -0.1) is 0 Å². The van der Waals surface area contributed by atoms with Crippen LogP contribution in [-0.2, 0) is 19.1 Å². The molecular formula is C42H80NO4+. The van der Waals surface area contributed by atoms with Gasteiger partial charge < -0.3 is 9.47 Å². The van der Waals surface area contributed by atoms with Gasteiger partial charge >= 0.3 is 11.9 Å². The van der Waals surface area contributed by atoms with Crippen LogP contribution < -0.4 is 0 Å². The first-order valence-corrected chi connectivity index (χ1v) is 20.2. The highest BCUT2D eigenvalue weighted by atomic mass is 16.6. The molecule has 0 saturated carbocycles. The molecule has 0 aliphatic rings. The van der Waals surface area contributed by atoms with Crippen LogP contribution in [0.1, 0.15) is 201 Å². The fourth-order valence-corrected chi connectivity index (χ4v) is 6.08. The zero-order valence-electron chi connectivity index (χ0n) is 32.3. The summed E-state index contributed by atoms with van der Waals surface area (Å²) in [6.45, 7) is 6.38. The van der Waals surface area contributed by atoms with Gasteiger partial charge in [-0.05, 0) is 71.1 Å². The van der Waals surface area contributed by atoms with E-state index in [-0.39, 0.29) is 11.9 Å². The standard InChI is InChI=1S/C42H80NO4/c1-7-9-11-13-15-17-19-21-23-25-27-29-31-33-35-37-40(44)46-39(3)42(43(4,5)6)47-41(45)38-36-34-32-30-28-26-24-22-20-18-16-14-12-10-8-2/h21-24,39,42H,7-20,25-38H2,1-6H3/q+1/b23-21-,24-22-. The molecule has 0 radical (unpaired) electrons. The van der Waals surface area contributed by atoms with E-state index in [9.17, 15) is 9.59 Å². The Morgan fingerprint density at radius 2 is 0.766 bits per heavy atom. The third-order valence-electron chi connectivity index (χ3n) is 9.02. The maximum absolute atomic E-state index is 12.7. The molecule has 0 aromatic rings. The Morgan fingerprint density at radius 3 is 1.11 bits per heavy atom. The van der Waals surface area contributed by atoms with Gasteiger partial charge in [0, 0.05) is 12.8 Å². The van der Waals surface area contributed by atoms with Crippen LogP contribution in [0, 0.1) is 0 Å². The molecule has 0 aliphatic carbocycles. The van der Waals surface area contributed by atoms with E-state index in [0.717, 1.165) is 51.4 Å². The molecule has 0 rings (SSSR count). The highest BCUT2D eigenvalue weighted by Gasteiger charge is 2.36. The van der Waals surface area contributed by atoms with Gasteiger partial charge in [-0.2, -0.15) is 0 Å². The molecular weight excluding hydrogens is 582 g/mol. The number of carbonyl (C=O) groups is 2. The number of allylic oxidation sites excluding steroid dienone is 4. The Kier molecular flexibility index (Phi) is 31.8. The summed E-state index contributed by atoms with van der Waals surface area (Å²) in [5.41, 5.74) is 0. The van der Waals surface area contributed by atoms with Crippen molar-refractivity contribution in [2.75, 3.05) is 21.1 Å². The highest BCUT2D eigenvalue weighted by Crippen LogP contribution is 2.18. The highest BCUT2D eigenvalue weighted by molar-refractivity contribution is 5.70. The summed E-state index contributed by atoms with van der Waals surface area (Å²) in [5, 5.41) is 0. The van der Waals surface area contributed by atoms with Gasteiger partial charge in [-0.3, -0.25) is 14.1 Å². The molecule has 0 aliphatic heterocycles. The SMILES string of the molecule is CCCCCCCC/C=C\CCCCCCCC(=O)OC(C)C(OC(=O)CCCCCCC/C=C\CCCCCCCC)[N+](C)(C)C. The van der Waals surface area contributed by atoms with E-state index in [1.165, 1.54) is 116 Å². The summed E-state index contributed by atoms with van der Waals surface area (Å²) >= 11 is 0. The predicted molar refractivity (Wildman–Crippen MR) is 202 cm³/mol. The van der Waals surface area contributed by atoms with E-state index >= 15 is 0 Å². The van der Waals surface area contributed by atoms with Crippen LogP contribution in [0.25, 0.3) is 0 Å². The maximum Gasteiger partial charge on any atom is 0.310 e. The van der Waals surface area contributed by atoms with Gasteiger partial charge in [-0.1, -0.05) is 141 Å². The molecule has 0 spiro atoms. The molecule has 0 amide bonds. The minimum Gasteiger partial charge on any atom is -0.452 e. The molecule has 276 valence electrons. The van der Waals surface area contributed by atoms with Gasteiger partial charge in [0.15, 0.2) is 6.10 Å². The summed E-state index contributed by atoms with van der Waals surface area (Å²) < 4.78 is 12.0. The van der Waals surface area contributed by atoms with Crippen LogP contribution in [0.2, 0.25) is 0 Å². The number of unbranched alkanes of at least 4 members (excludes halogenated alkanes) is 22. The van der Waals surface area contributed by atoms with E-state index in [2.05, 4.69) is 38.2 Å². The average molecular weight is 663 g/mol. The first kappa shape index (κ1) is 45.4. The number of hydrogen-bond donors (Lipinski definition) is 0. The molecule has 2 atom stereocenters. The number of quaternary nitrogens is 1. The van der Waals surface area contributed by atoms with Crippen molar-refractivity contribution in [3.05, 3.63) is 24.3 Å². The molecule has 0 heterocycles. The van der Waals surface area contributed by atoms with Crippen LogP contribution in [0.15, 0.2) is 24.3 Å². The first-order valence-electron chi connectivity index (χ1n) is 20.2. The lowest BCUT2D eigenvalue weighted by Crippen LogP contribution is -2.54. The lowest BCUT2D eigenvalue weighted by atomic mass is 10.1. The molecule has 2 unspecified atom stereocenters. The number of likely N-dealkylation sites (N-methyl/N-ethyl adjacent to an activating group) is 1. The first-order chi connectivity index (χ1) is 22.7.